The molecule has 0 saturated heterocycles. The van der Waals surface area contributed by atoms with Gasteiger partial charge in [0.25, 0.3) is 5.91 Å². The molecule has 0 bridgehead atoms. The standard InChI is InChI=1S/C12H15N3OS2/c1-7-3-4-9(18-7)5-14-11(16)10-6-17-12(15-10)8(2)13/h3-4,6,8H,5,13H2,1-2H3,(H,14,16). The Balaban J connectivity index is 1.95. The summed E-state index contributed by atoms with van der Waals surface area (Å²) in [6.07, 6.45) is 0. The van der Waals surface area contributed by atoms with Gasteiger partial charge in [-0.3, -0.25) is 4.79 Å². The molecule has 0 spiro atoms. The molecular formula is C12H15N3OS2. The molecule has 0 radical (unpaired) electrons. The Morgan fingerprint density at radius 3 is 2.89 bits per heavy atom. The van der Waals surface area contributed by atoms with Crippen LogP contribution in [0.1, 0.15) is 38.2 Å². The molecule has 2 heterocycles. The first-order chi connectivity index (χ1) is 8.56. The Kier molecular flexibility index (Phi) is 4.11. The van der Waals surface area contributed by atoms with Crippen LogP contribution in [0, 0.1) is 6.92 Å². The molecule has 2 rings (SSSR count). The van der Waals surface area contributed by atoms with Crippen LogP contribution in [0.3, 0.4) is 0 Å². The second-order valence-electron chi connectivity index (χ2n) is 4.05. The first-order valence-corrected chi connectivity index (χ1v) is 7.30. The van der Waals surface area contributed by atoms with Crippen LogP contribution in [0.25, 0.3) is 0 Å². The number of thiophene rings is 1. The van der Waals surface area contributed by atoms with E-state index in [1.54, 1.807) is 16.7 Å². The molecule has 1 atom stereocenters. The van der Waals surface area contributed by atoms with Crippen molar-refractivity contribution in [3.63, 3.8) is 0 Å². The molecule has 0 aromatic carbocycles. The number of thiazole rings is 1. The van der Waals surface area contributed by atoms with Crippen molar-refractivity contribution in [1.29, 1.82) is 0 Å². The van der Waals surface area contributed by atoms with Crippen LogP contribution in [0.5, 0.6) is 0 Å². The van der Waals surface area contributed by atoms with E-state index in [1.807, 2.05) is 26.0 Å². The number of aryl methyl sites for hydroxylation is 1. The van der Waals surface area contributed by atoms with Gasteiger partial charge in [-0.05, 0) is 26.0 Å². The summed E-state index contributed by atoms with van der Waals surface area (Å²) in [4.78, 5) is 18.5. The van der Waals surface area contributed by atoms with E-state index in [-0.39, 0.29) is 11.9 Å². The average molecular weight is 281 g/mol. The SMILES string of the molecule is Cc1ccc(CNC(=O)c2csc(C(C)N)n2)s1. The zero-order valence-corrected chi connectivity index (χ0v) is 11.9. The van der Waals surface area contributed by atoms with Crippen molar-refractivity contribution >= 4 is 28.6 Å². The number of nitrogens with zero attached hydrogens (tertiary/aromatic N) is 1. The topological polar surface area (TPSA) is 68.0 Å². The number of nitrogens with one attached hydrogen (secondary N) is 1. The number of rotatable bonds is 4. The lowest BCUT2D eigenvalue weighted by Gasteiger charge is -2.01. The van der Waals surface area contributed by atoms with Gasteiger partial charge in [-0.2, -0.15) is 0 Å². The van der Waals surface area contributed by atoms with E-state index in [1.165, 1.54) is 16.2 Å². The summed E-state index contributed by atoms with van der Waals surface area (Å²) >= 11 is 3.10. The Morgan fingerprint density at radius 1 is 1.56 bits per heavy atom. The van der Waals surface area contributed by atoms with Gasteiger partial charge in [0.2, 0.25) is 0 Å². The minimum Gasteiger partial charge on any atom is -0.346 e. The summed E-state index contributed by atoms with van der Waals surface area (Å²) in [5.74, 6) is -0.149. The van der Waals surface area contributed by atoms with E-state index in [9.17, 15) is 4.79 Å². The molecule has 18 heavy (non-hydrogen) atoms. The normalized spacial score (nSPS) is 12.4. The Hall–Kier alpha value is -1.24. The quantitative estimate of drug-likeness (QED) is 0.904. The number of aromatic nitrogens is 1. The fourth-order valence-electron chi connectivity index (χ4n) is 1.44. The summed E-state index contributed by atoms with van der Waals surface area (Å²) in [6, 6.07) is 3.94. The first-order valence-electron chi connectivity index (χ1n) is 5.61. The van der Waals surface area contributed by atoms with Crippen LogP contribution in [0.4, 0.5) is 0 Å². The molecular weight excluding hydrogens is 266 g/mol. The van der Waals surface area contributed by atoms with E-state index in [4.69, 9.17) is 5.73 Å². The third kappa shape index (κ3) is 3.16. The van der Waals surface area contributed by atoms with Gasteiger partial charge in [0.15, 0.2) is 0 Å². The number of hydrogen-bond donors (Lipinski definition) is 2. The van der Waals surface area contributed by atoms with Crippen molar-refractivity contribution in [3.05, 3.63) is 38.0 Å². The monoisotopic (exact) mass is 281 g/mol. The molecule has 0 aliphatic heterocycles. The van der Waals surface area contributed by atoms with Crippen LogP contribution < -0.4 is 11.1 Å². The molecule has 1 amide bonds. The smallest absolute Gasteiger partial charge is 0.271 e. The molecule has 3 N–H and O–H groups in total. The second-order valence-corrected chi connectivity index (χ2v) is 6.32. The highest BCUT2D eigenvalue weighted by Gasteiger charge is 2.12. The molecule has 96 valence electrons. The van der Waals surface area contributed by atoms with Gasteiger partial charge < -0.3 is 11.1 Å². The molecule has 6 heteroatoms. The van der Waals surface area contributed by atoms with Crippen molar-refractivity contribution in [3.8, 4) is 0 Å². The summed E-state index contributed by atoms with van der Waals surface area (Å²) < 4.78 is 0. The van der Waals surface area contributed by atoms with Gasteiger partial charge in [-0.25, -0.2) is 4.98 Å². The lowest BCUT2D eigenvalue weighted by atomic mass is 10.4. The van der Waals surface area contributed by atoms with Gasteiger partial charge in [0.1, 0.15) is 10.7 Å². The van der Waals surface area contributed by atoms with Gasteiger partial charge in [-0.1, -0.05) is 0 Å². The predicted octanol–water partition coefficient (Wildman–Crippen LogP) is 2.46. The second kappa shape index (κ2) is 5.60. The number of amides is 1. The molecule has 0 aliphatic rings. The van der Waals surface area contributed by atoms with Crippen molar-refractivity contribution in [2.45, 2.75) is 26.4 Å². The maximum atomic E-state index is 11.9. The maximum absolute atomic E-state index is 11.9. The van der Waals surface area contributed by atoms with E-state index < -0.39 is 0 Å². The third-order valence-electron chi connectivity index (χ3n) is 2.36. The minimum atomic E-state index is -0.149. The average Bonchev–Trinajstić information content (AvgIpc) is 2.94. The Bertz CT molecular complexity index is 545. The molecule has 4 nitrogen and oxygen atoms in total. The lowest BCUT2D eigenvalue weighted by molar-refractivity contribution is 0.0947. The number of hydrogen-bond acceptors (Lipinski definition) is 5. The summed E-state index contributed by atoms with van der Waals surface area (Å²) in [5.41, 5.74) is 6.16. The Labute approximate surface area is 114 Å². The van der Waals surface area contributed by atoms with Crippen molar-refractivity contribution in [2.75, 3.05) is 0 Å². The molecule has 2 aromatic rings. The highest BCUT2D eigenvalue weighted by molar-refractivity contribution is 7.11. The zero-order valence-electron chi connectivity index (χ0n) is 10.3. The van der Waals surface area contributed by atoms with Crippen LogP contribution >= 0.6 is 22.7 Å². The van der Waals surface area contributed by atoms with E-state index in [2.05, 4.69) is 10.3 Å². The van der Waals surface area contributed by atoms with E-state index >= 15 is 0 Å². The van der Waals surface area contributed by atoms with E-state index in [0.29, 0.717) is 12.2 Å². The Morgan fingerprint density at radius 2 is 2.33 bits per heavy atom. The van der Waals surface area contributed by atoms with E-state index in [0.717, 1.165) is 9.88 Å². The van der Waals surface area contributed by atoms with Crippen LogP contribution in [0.15, 0.2) is 17.5 Å². The fourth-order valence-corrected chi connectivity index (χ4v) is 3.03. The summed E-state index contributed by atoms with van der Waals surface area (Å²) in [7, 11) is 0. The van der Waals surface area contributed by atoms with Gasteiger partial charge >= 0.3 is 0 Å². The van der Waals surface area contributed by atoms with Gasteiger partial charge in [0.05, 0.1) is 12.6 Å². The highest BCUT2D eigenvalue weighted by Crippen LogP contribution is 2.17. The number of nitrogens with two attached hydrogens (primary N) is 1. The molecule has 1 unspecified atom stereocenters. The molecule has 0 aliphatic carbocycles. The zero-order chi connectivity index (χ0) is 13.1. The van der Waals surface area contributed by atoms with Gasteiger partial charge in [-0.15, -0.1) is 22.7 Å². The minimum absolute atomic E-state index is 0.128. The van der Waals surface area contributed by atoms with Crippen molar-refractivity contribution in [2.24, 2.45) is 5.73 Å². The summed E-state index contributed by atoms with van der Waals surface area (Å²) in [5, 5.41) is 5.38. The number of carbonyl (C=O) groups is 1. The molecule has 0 fully saturated rings. The maximum Gasteiger partial charge on any atom is 0.271 e. The summed E-state index contributed by atoms with van der Waals surface area (Å²) in [6.45, 7) is 4.45. The number of carbonyl (C=O) groups excluding carboxylic acids is 1. The van der Waals surface area contributed by atoms with Crippen molar-refractivity contribution in [1.82, 2.24) is 10.3 Å². The van der Waals surface area contributed by atoms with Crippen LogP contribution in [-0.2, 0) is 6.54 Å². The fraction of sp³-hybridized carbons (Fsp3) is 0.333. The predicted molar refractivity (Wildman–Crippen MR) is 74.9 cm³/mol. The van der Waals surface area contributed by atoms with Crippen LogP contribution in [0.2, 0.25) is 0 Å². The molecule has 0 saturated carbocycles. The lowest BCUT2D eigenvalue weighted by Crippen LogP contribution is -2.22. The largest absolute Gasteiger partial charge is 0.346 e. The first kappa shape index (κ1) is 13.2. The van der Waals surface area contributed by atoms with Crippen LogP contribution in [-0.4, -0.2) is 10.9 Å². The van der Waals surface area contributed by atoms with Gasteiger partial charge in [0, 0.05) is 15.1 Å². The highest BCUT2D eigenvalue weighted by atomic mass is 32.1. The molecule has 2 aromatic heterocycles. The third-order valence-corrected chi connectivity index (χ3v) is 4.41. The van der Waals surface area contributed by atoms with Crippen molar-refractivity contribution < 1.29 is 4.79 Å².